The van der Waals surface area contributed by atoms with Crippen LogP contribution in [0.2, 0.25) is 0 Å². The lowest BCUT2D eigenvalue weighted by atomic mass is 10.2. The van der Waals surface area contributed by atoms with E-state index in [0.29, 0.717) is 5.96 Å². The van der Waals surface area contributed by atoms with Gasteiger partial charge in [0.1, 0.15) is 11.8 Å². The maximum atomic E-state index is 5.79. The van der Waals surface area contributed by atoms with Crippen LogP contribution < -0.4 is 15.8 Å². The summed E-state index contributed by atoms with van der Waals surface area (Å²) in [5.74, 6) is 3.72. The molecule has 1 unspecified atom stereocenters. The molecule has 0 bridgehead atoms. The van der Waals surface area contributed by atoms with Crippen LogP contribution >= 0.6 is 0 Å². The highest BCUT2D eigenvalue weighted by molar-refractivity contribution is 5.92. The largest absolute Gasteiger partial charge is 0.491 e. The molecule has 0 saturated carbocycles. The Morgan fingerprint density at radius 1 is 1.42 bits per heavy atom. The molecule has 0 aliphatic carbocycles. The van der Waals surface area contributed by atoms with E-state index in [1.807, 2.05) is 45.0 Å². The van der Waals surface area contributed by atoms with Gasteiger partial charge in [-0.1, -0.05) is 12.8 Å². The summed E-state index contributed by atoms with van der Waals surface area (Å²) in [5, 5.41) is 3.00. The summed E-state index contributed by atoms with van der Waals surface area (Å²) in [6.45, 7) is 5.95. The minimum atomic E-state index is -0.184. The molecule has 0 aromatic heterocycles. The number of nitrogens with zero attached hydrogens (tertiary/aromatic N) is 1. The number of nitrogens with two attached hydrogens (primary N) is 1. The zero-order valence-corrected chi connectivity index (χ0v) is 11.7. The molecular formula is C15H21N3O. The van der Waals surface area contributed by atoms with Gasteiger partial charge >= 0.3 is 0 Å². The molecular weight excluding hydrogens is 238 g/mol. The van der Waals surface area contributed by atoms with Gasteiger partial charge in [0.2, 0.25) is 0 Å². The van der Waals surface area contributed by atoms with E-state index in [-0.39, 0.29) is 12.1 Å². The number of nitrogens with one attached hydrogen (secondary N) is 1. The first-order valence-electron chi connectivity index (χ1n) is 6.38. The highest BCUT2D eigenvalue weighted by atomic mass is 16.5. The van der Waals surface area contributed by atoms with Gasteiger partial charge in [0.05, 0.1) is 6.10 Å². The smallest absolute Gasteiger partial charge is 0.194 e. The van der Waals surface area contributed by atoms with Gasteiger partial charge in [0.25, 0.3) is 0 Å². The number of hydrogen-bond acceptors (Lipinski definition) is 2. The molecule has 0 aliphatic rings. The maximum absolute atomic E-state index is 5.79. The summed E-state index contributed by atoms with van der Waals surface area (Å²) in [6.07, 6.45) is 6.26. The summed E-state index contributed by atoms with van der Waals surface area (Å²) in [6, 6.07) is 7.35. The van der Waals surface area contributed by atoms with Gasteiger partial charge in [-0.15, -0.1) is 6.42 Å². The molecule has 0 spiro atoms. The van der Waals surface area contributed by atoms with E-state index in [4.69, 9.17) is 16.9 Å². The van der Waals surface area contributed by atoms with E-state index in [2.05, 4.69) is 16.2 Å². The molecule has 102 valence electrons. The monoisotopic (exact) mass is 259 g/mol. The SMILES string of the molecule is C#CC(CC)N=C(N)Nc1ccc(OC(C)C)cc1. The van der Waals surface area contributed by atoms with E-state index in [1.165, 1.54) is 0 Å². The van der Waals surface area contributed by atoms with Crippen molar-refractivity contribution in [1.82, 2.24) is 0 Å². The quantitative estimate of drug-likeness (QED) is 0.485. The average molecular weight is 259 g/mol. The molecule has 3 N–H and O–H groups in total. The Hall–Kier alpha value is -2.15. The molecule has 0 aliphatic heterocycles. The van der Waals surface area contributed by atoms with E-state index in [0.717, 1.165) is 17.9 Å². The Balaban J connectivity index is 2.65. The third kappa shape index (κ3) is 5.35. The molecule has 1 aromatic carbocycles. The first-order chi connectivity index (χ1) is 9.05. The standard InChI is InChI=1S/C15H21N3O/c1-5-12(6-2)17-15(16)18-13-7-9-14(10-8-13)19-11(3)4/h1,7-12H,6H2,2-4H3,(H3,16,17,18). The predicted octanol–water partition coefficient (Wildman–Crippen LogP) is 2.61. The van der Waals surface area contributed by atoms with Crippen LogP contribution in [0.5, 0.6) is 5.75 Å². The summed E-state index contributed by atoms with van der Waals surface area (Å²) >= 11 is 0. The molecule has 0 amide bonds. The highest BCUT2D eigenvalue weighted by Crippen LogP contribution is 2.16. The van der Waals surface area contributed by atoms with Crippen molar-refractivity contribution in [3.8, 4) is 18.1 Å². The third-order valence-electron chi connectivity index (χ3n) is 2.37. The molecule has 0 fully saturated rings. The fraction of sp³-hybridized carbons (Fsp3) is 0.400. The van der Waals surface area contributed by atoms with Crippen LogP contribution in [0, 0.1) is 12.3 Å². The molecule has 19 heavy (non-hydrogen) atoms. The third-order valence-corrected chi connectivity index (χ3v) is 2.37. The molecule has 0 radical (unpaired) electrons. The lowest BCUT2D eigenvalue weighted by Crippen LogP contribution is -2.24. The molecule has 4 heteroatoms. The fourth-order valence-electron chi connectivity index (χ4n) is 1.48. The van der Waals surface area contributed by atoms with Gasteiger partial charge in [0, 0.05) is 5.69 Å². The second kappa shape index (κ2) is 7.32. The van der Waals surface area contributed by atoms with E-state index < -0.39 is 0 Å². The van der Waals surface area contributed by atoms with Crippen molar-refractivity contribution >= 4 is 11.6 Å². The minimum absolute atomic E-state index is 0.159. The Labute approximate surface area is 115 Å². The maximum Gasteiger partial charge on any atom is 0.194 e. The Morgan fingerprint density at radius 2 is 2.05 bits per heavy atom. The number of anilines is 1. The fourth-order valence-corrected chi connectivity index (χ4v) is 1.48. The van der Waals surface area contributed by atoms with Crippen LogP contribution in [0.3, 0.4) is 0 Å². The van der Waals surface area contributed by atoms with Crippen molar-refractivity contribution in [2.24, 2.45) is 10.7 Å². The number of rotatable bonds is 5. The average Bonchev–Trinajstić information content (AvgIpc) is 2.37. The van der Waals surface area contributed by atoms with Crippen LogP contribution in [-0.4, -0.2) is 18.1 Å². The van der Waals surface area contributed by atoms with Crippen molar-refractivity contribution in [2.45, 2.75) is 39.3 Å². The lowest BCUT2D eigenvalue weighted by Gasteiger charge is -2.11. The Morgan fingerprint density at radius 3 is 2.53 bits per heavy atom. The topological polar surface area (TPSA) is 59.6 Å². The van der Waals surface area contributed by atoms with Crippen molar-refractivity contribution in [1.29, 1.82) is 0 Å². The molecule has 4 nitrogen and oxygen atoms in total. The van der Waals surface area contributed by atoms with Gasteiger partial charge < -0.3 is 15.8 Å². The van der Waals surface area contributed by atoms with Crippen LogP contribution in [0.15, 0.2) is 29.3 Å². The minimum Gasteiger partial charge on any atom is -0.491 e. The van der Waals surface area contributed by atoms with E-state index in [1.54, 1.807) is 0 Å². The second-order valence-electron chi connectivity index (χ2n) is 4.42. The van der Waals surface area contributed by atoms with Gasteiger partial charge in [-0.2, -0.15) is 0 Å². The van der Waals surface area contributed by atoms with Crippen LogP contribution in [0.1, 0.15) is 27.2 Å². The lowest BCUT2D eigenvalue weighted by molar-refractivity contribution is 0.242. The first kappa shape index (κ1) is 14.9. The number of hydrogen-bond donors (Lipinski definition) is 2. The molecule has 0 heterocycles. The first-order valence-corrected chi connectivity index (χ1v) is 6.38. The van der Waals surface area contributed by atoms with Crippen LogP contribution in [0.4, 0.5) is 5.69 Å². The Bertz CT molecular complexity index is 457. The number of ether oxygens (including phenoxy) is 1. The molecule has 1 atom stereocenters. The number of guanidine groups is 1. The number of aliphatic imine (C=N–C) groups is 1. The van der Waals surface area contributed by atoms with Gasteiger partial charge in [-0.25, -0.2) is 4.99 Å². The highest BCUT2D eigenvalue weighted by Gasteiger charge is 2.02. The Kier molecular flexibility index (Phi) is 5.74. The summed E-state index contributed by atoms with van der Waals surface area (Å²) in [5.41, 5.74) is 6.64. The van der Waals surface area contributed by atoms with Crippen molar-refractivity contribution < 1.29 is 4.74 Å². The number of benzene rings is 1. The van der Waals surface area contributed by atoms with Gasteiger partial charge in [-0.3, -0.25) is 0 Å². The van der Waals surface area contributed by atoms with Gasteiger partial charge in [-0.05, 0) is 44.5 Å². The normalized spacial score (nSPS) is 12.9. The van der Waals surface area contributed by atoms with Crippen molar-refractivity contribution in [3.63, 3.8) is 0 Å². The zero-order chi connectivity index (χ0) is 14.3. The summed E-state index contributed by atoms with van der Waals surface area (Å²) < 4.78 is 5.56. The molecule has 0 saturated heterocycles. The van der Waals surface area contributed by atoms with Gasteiger partial charge in [0.15, 0.2) is 5.96 Å². The van der Waals surface area contributed by atoms with Crippen molar-refractivity contribution in [3.05, 3.63) is 24.3 Å². The number of terminal acetylenes is 1. The van der Waals surface area contributed by atoms with E-state index >= 15 is 0 Å². The van der Waals surface area contributed by atoms with Crippen molar-refractivity contribution in [2.75, 3.05) is 5.32 Å². The zero-order valence-electron chi connectivity index (χ0n) is 11.7. The second-order valence-corrected chi connectivity index (χ2v) is 4.42. The summed E-state index contributed by atoms with van der Waals surface area (Å²) in [7, 11) is 0. The molecule has 1 aromatic rings. The van der Waals surface area contributed by atoms with Crippen LogP contribution in [0.25, 0.3) is 0 Å². The van der Waals surface area contributed by atoms with E-state index in [9.17, 15) is 0 Å². The summed E-state index contributed by atoms with van der Waals surface area (Å²) in [4.78, 5) is 4.20. The molecule has 1 rings (SSSR count). The predicted molar refractivity (Wildman–Crippen MR) is 80.4 cm³/mol. The van der Waals surface area contributed by atoms with Crippen LogP contribution in [-0.2, 0) is 0 Å².